The van der Waals surface area contributed by atoms with Gasteiger partial charge in [0.1, 0.15) is 5.75 Å². The van der Waals surface area contributed by atoms with Gasteiger partial charge in [0.05, 0.1) is 21.6 Å². The van der Waals surface area contributed by atoms with Crippen molar-refractivity contribution in [1.82, 2.24) is 0 Å². The molecule has 29 heavy (non-hydrogen) atoms. The largest absolute Gasteiger partial charge is 0.508 e. The van der Waals surface area contributed by atoms with Crippen LogP contribution in [0, 0.1) is 26.1 Å². The number of hydrogen-bond acceptors (Lipinski definition) is 7. The van der Waals surface area contributed by atoms with E-state index in [1.807, 2.05) is 13.0 Å². The third kappa shape index (κ3) is 4.68. The van der Waals surface area contributed by atoms with Gasteiger partial charge < -0.3 is 9.94 Å². The molecule has 0 saturated heterocycles. The normalized spacial score (nSPS) is 19.6. The van der Waals surface area contributed by atoms with Crippen LogP contribution < -0.4 is 4.84 Å². The Bertz CT molecular complexity index is 959. The number of non-ortho nitro benzene ring substituents is 1. The molecule has 0 heterocycles. The zero-order valence-electron chi connectivity index (χ0n) is 15.9. The topological polar surface area (TPSA) is 128 Å². The van der Waals surface area contributed by atoms with Crippen LogP contribution in [0.25, 0.3) is 0 Å². The van der Waals surface area contributed by atoms with Gasteiger partial charge in [0.2, 0.25) is 5.75 Å². The first-order valence-electron chi connectivity index (χ1n) is 9.30. The number of hydrogen-bond donors (Lipinski definition) is 1. The molecule has 0 bridgehead atoms. The summed E-state index contributed by atoms with van der Waals surface area (Å²) in [5.41, 5.74) is 0.807. The molecule has 0 unspecified atom stereocenters. The maximum absolute atomic E-state index is 11.2. The van der Waals surface area contributed by atoms with Gasteiger partial charge in [0, 0.05) is 12.0 Å². The molecule has 1 N–H and O–H groups in total. The highest BCUT2D eigenvalue weighted by molar-refractivity contribution is 5.85. The highest BCUT2D eigenvalue weighted by atomic mass is 16.7. The van der Waals surface area contributed by atoms with E-state index in [0.29, 0.717) is 5.71 Å². The van der Waals surface area contributed by atoms with Crippen LogP contribution in [0.1, 0.15) is 44.1 Å². The molecule has 0 aliphatic heterocycles. The first-order valence-corrected chi connectivity index (χ1v) is 9.30. The summed E-state index contributed by atoms with van der Waals surface area (Å²) in [6.45, 7) is 1.81. The van der Waals surface area contributed by atoms with E-state index in [0.717, 1.165) is 43.4 Å². The molecular formula is C20H21N3O6. The van der Waals surface area contributed by atoms with E-state index in [4.69, 9.17) is 4.84 Å². The van der Waals surface area contributed by atoms with Gasteiger partial charge in [-0.25, -0.2) is 0 Å². The summed E-state index contributed by atoms with van der Waals surface area (Å²) in [6, 6.07) is 10.3. The average molecular weight is 399 g/mol. The fraction of sp³-hybridized carbons (Fsp3) is 0.350. The molecule has 0 radical (unpaired) electrons. The molecule has 2 atom stereocenters. The number of nitro benzene ring substituents is 2. The van der Waals surface area contributed by atoms with Gasteiger partial charge in [0.25, 0.3) is 5.69 Å². The summed E-state index contributed by atoms with van der Waals surface area (Å²) < 4.78 is 0. The highest BCUT2D eigenvalue weighted by Crippen LogP contribution is 2.40. The Morgan fingerprint density at radius 2 is 1.86 bits per heavy atom. The molecular weight excluding hydrogens is 378 g/mol. The number of benzene rings is 2. The first-order chi connectivity index (χ1) is 13.9. The van der Waals surface area contributed by atoms with Gasteiger partial charge in [-0.05, 0) is 49.4 Å². The molecule has 0 aromatic heterocycles. The van der Waals surface area contributed by atoms with E-state index in [9.17, 15) is 25.3 Å². The number of aromatic hydroxyl groups is 1. The summed E-state index contributed by atoms with van der Waals surface area (Å²) in [4.78, 5) is 26.0. The van der Waals surface area contributed by atoms with E-state index in [1.165, 1.54) is 6.07 Å². The highest BCUT2D eigenvalue weighted by Gasteiger charge is 2.29. The smallest absolute Gasteiger partial charge is 0.321 e. The number of phenols is 1. The number of rotatable bonds is 6. The molecule has 2 aromatic rings. The van der Waals surface area contributed by atoms with Crippen molar-refractivity contribution < 1.29 is 19.8 Å². The molecule has 0 spiro atoms. The second-order valence-electron chi connectivity index (χ2n) is 7.08. The van der Waals surface area contributed by atoms with Crippen LogP contribution in [0.15, 0.2) is 47.6 Å². The van der Waals surface area contributed by atoms with Crippen LogP contribution >= 0.6 is 0 Å². The third-order valence-corrected chi connectivity index (χ3v) is 5.24. The molecule has 2 aromatic carbocycles. The number of phenolic OH excluding ortho intramolecular Hbond substituents is 1. The minimum absolute atomic E-state index is 0.0719. The molecule has 9 nitrogen and oxygen atoms in total. The molecule has 1 aliphatic carbocycles. The zero-order valence-corrected chi connectivity index (χ0v) is 15.9. The van der Waals surface area contributed by atoms with Crippen molar-refractivity contribution in [3.8, 4) is 11.5 Å². The Morgan fingerprint density at radius 1 is 1.10 bits per heavy atom. The average Bonchev–Trinajstić information content (AvgIpc) is 2.71. The quantitative estimate of drug-likeness (QED) is 0.416. The summed E-state index contributed by atoms with van der Waals surface area (Å²) in [5, 5.41) is 36.0. The van der Waals surface area contributed by atoms with Crippen molar-refractivity contribution in [2.75, 3.05) is 0 Å². The maximum atomic E-state index is 11.2. The predicted molar refractivity (Wildman–Crippen MR) is 106 cm³/mol. The van der Waals surface area contributed by atoms with Crippen LogP contribution in [-0.2, 0) is 0 Å². The lowest BCUT2D eigenvalue weighted by Crippen LogP contribution is -2.24. The molecule has 1 fully saturated rings. The van der Waals surface area contributed by atoms with Gasteiger partial charge >= 0.3 is 5.69 Å². The van der Waals surface area contributed by atoms with Crippen molar-refractivity contribution in [2.45, 2.75) is 38.5 Å². The lowest BCUT2D eigenvalue weighted by Gasteiger charge is -2.31. The summed E-state index contributed by atoms with van der Waals surface area (Å²) in [7, 11) is 0. The minimum Gasteiger partial charge on any atom is -0.508 e. The Hall–Kier alpha value is -3.49. The summed E-state index contributed by atoms with van der Waals surface area (Å²) in [6.07, 6.45) is 3.93. The Balaban J connectivity index is 1.84. The molecule has 3 rings (SSSR count). The number of oxime groups is 1. The SMILES string of the molecule is C/C(=N\Oc1ccc([N+](=O)[O-])cc1[N+](=O)[O-])[C@H]1CCCC[C@H]1c1cccc(O)c1. The van der Waals surface area contributed by atoms with Gasteiger partial charge in [-0.15, -0.1) is 0 Å². The molecule has 152 valence electrons. The maximum Gasteiger partial charge on any atom is 0.321 e. The van der Waals surface area contributed by atoms with E-state index < -0.39 is 15.5 Å². The van der Waals surface area contributed by atoms with E-state index in [1.54, 1.807) is 18.2 Å². The number of nitrogens with zero attached hydrogens (tertiary/aromatic N) is 3. The van der Waals surface area contributed by atoms with Gasteiger partial charge in [0.15, 0.2) is 0 Å². The zero-order chi connectivity index (χ0) is 21.0. The van der Waals surface area contributed by atoms with Crippen molar-refractivity contribution in [2.24, 2.45) is 11.1 Å². The third-order valence-electron chi connectivity index (χ3n) is 5.24. The summed E-state index contributed by atoms with van der Waals surface area (Å²) >= 11 is 0. The van der Waals surface area contributed by atoms with Gasteiger partial charge in [-0.3, -0.25) is 20.2 Å². The lowest BCUT2D eigenvalue weighted by molar-refractivity contribution is -0.394. The second-order valence-corrected chi connectivity index (χ2v) is 7.08. The van der Waals surface area contributed by atoms with E-state index in [-0.39, 0.29) is 29.0 Å². The van der Waals surface area contributed by atoms with Crippen molar-refractivity contribution in [1.29, 1.82) is 0 Å². The van der Waals surface area contributed by atoms with Crippen LogP contribution in [0.5, 0.6) is 11.5 Å². The molecule has 1 aliphatic rings. The minimum atomic E-state index is -0.733. The predicted octanol–water partition coefficient (Wildman–Crippen LogP) is 4.94. The van der Waals surface area contributed by atoms with Crippen LogP contribution in [0.4, 0.5) is 11.4 Å². The fourth-order valence-corrected chi connectivity index (χ4v) is 3.81. The van der Waals surface area contributed by atoms with E-state index >= 15 is 0 Å². The van der Waals surface area contributed by atoms with Crippen molar-refractivity contribution in [3.05, 3.63) is 68.3 Å². The number of nitro groups is 2. The van der Waals surface area contributed by atoms with Crippen molar-refractivity contribution in [3.63, 3.8) is 0 Å². The monoisotopic (exact) mass is 399 g/mol. The van der Waals surface area contributed by atoms with Crippen LogP contribution in [0.2, 0.25) is 0 Å². The first kappa shape index (κ1) is 20.2. The lowest BCUT2D eigenvalue weighted by atomic mass is 9.73. The molecule has 0 amide bonds. The summed E-state index contributed by atoms with van der Waals surface area (Å²) in [5.74, 6) is 0.293. The van der Waals surface area contributed by atoms with Crippen LogP contribution in [0.3, 0.4) is 0 Å². The second kappa shape index (κ2) is 8.68. The Labute approximate surface area is 166 Å². The Kier molecular flexibility index (Phi) is 6.06. The standard InChI is InChI=1S/C20H21N3O6/c1-13(17-7-2-3-8-18(17)14-5-4-6-16(24)11-14)21-29-20-10-9-15(22(25)26)12-19(20)23(27)28/h4-6,9-12,17-18,24H,2-3,7-8H2,1H3/b21-13+/t17-,18+/m1/s1. The molecule has 1 saturated carbocycles. The van der Waals surface area contributed by atoms with Gasteiger partial charge in [-0.2, -0.15) is 0 Å². The van der Waals surface area contributed by atoms with E-state index in [2.05, 4.69) is 5.16 Å². The van der Waals surface area contributed by atoms with Crippen molar-refractivity contribution >= 4 is 17.1 Å². The van der Waals surface area contributed by atoms with Gasteiger partial charge in [-0.1, -0.05) is 30.1 Å². The molecule has 9 heteroatoms. The fourth-order valence-electron chi connectivity index (χ4n) is 3.81. The van der Waals surface area contributed by atoms with Crippen LogP contribution in [-0.4, -0.2) is 20.7 Å². The Morgan fingerprint density at radius 3 is 2.55 bits per heavy atom.